The van der Waals surface area contributed by atoms with Crippen molar-refractivity contribution in [3.8, 4) is 6.07 Å². The maximum Gasteiger partial charge on any atom is 0.335 e. The molecule has 2 rings (SSSR count). The quantitative estimate of drug-likeness (QED) is 0.922. The van der Waals surface area contributed by atoms with Gasteiger partial charge in [0.1, 0.15) is 0 Å². The number of aromatic carboxylic acids is 1. The van der Waals surface area contributed by atoms with Crippen molar-refractivity contribution >= 4 is 17.7 Å². The molecule has 1 aromatic carbocycles. The summed E-state index contributed by atoms with van der Waals surface area (Å²) in [5, 5.41) is 17.7. The predicted molar refractivity (Wildman–Crippen MR) is 77.3 cm³/mol. The van der Waals surface area contributed by atoms with Crippen LogP contribution in [-0.2, 0) is 6.42 Å². The van der Waals surface area contributed by atoms with Gasteiger partial charge in [-0.25, -0.2) is 9.59 Å². The minimum atomic E-state index is -0.970. The second kappa shape index (κ2) is 5.83. The summed E-state index contributed by atoms with van der Waals surface area (Å²) in [6.07, 6.45) is 0.920. The van der Waals surface area contributed by atoms with E-state index in [0.29, 0.717) is 13.0 Å². The number of nitrogens with zero attached hydrogens (tertiary/aromatic N) is 3. The van der Waals surface area contributed by atoms with Crippen LogP contribution in [0.3, 0.4) is 0 Å². The van der Waals surface area contributed by atoms with Gasteiger partial charge in [-0.3, -0.25) is 4.90 Å². The van der Waals surface area contributed by atoms with Crippen molar-refractivity contribution in [2.75, 3.05) is 18.5 Å². The topological polar surface area (TPSA) is 84.6 Å². The van der Waals surface area contributed by atoms with E-state index in [1.54, 1.807) is 29.0 Å². The third kappa shape index (κ3) is 2.82. The molecule has 6 heteroatoms. The highest BCUT2D eigenvalue weighted by Crippen LogP contribution is 2.30. The van der Waals surface area contributed by atoms with E-state index in [0.717, 1.165) is 11.3 Å². The molecule has 1 aliphatic rings. The molecule has 1 aromatic rings. The number of nitriles is 1. The van der Waals surface area contributed by atoms with Crippen LogP contribution < -0.4 is 4.90 Å². The first-order valence-corrected chi connectivity index (χ1v) is 6.73. The van der Waals surface area contributed by atoms with Gasteiger partial charge in [-0.05, 0) is 37.1 Å². The molecule has 1 atom stereocenters. The zero-order valence-corrected chi connectivity index (χ0v) is 12.0. The van der Waals surface area contributed by atoms with Gasteiger partial charge in [-0.2, -0.15) is 5.26 Å². The second-order valence-corrected chi connectivity index (χ2v) is 5.16. The minimum absolute atomic E-state index is 0.162. The number of benzene rings is 1. The number of carboxylic acid groups (broad SMARTS) is 1. The summed E-state index contributed by atoms with van der Waals surface area (Å²) in [6, 6.07) is 6.52. The second-order valence-electron chi connectivity index (χ2n) is 5.16. The number of hydrogen-bond acceptors (Lipinski definition) is 3. The Morgan fingerprint density at radius 2 is 2.24 bits per heavy atom. The van der Waals surface area contributed by atoms with Gasteiger partial charge in [-0.1, -0.05) is 0 Å². The van der Waals surface area contributed by atoms with E-state index in [2.05, 4.69) is 6.07 Å². The van der Waals surface area contributed by atoms with E-state index in [-0.39, 0.29) is 24.1 Å². The van der Waals surface area contributed by atoms with Crippen LogP contribution in [0.4, 0.5) is 10.5 Å². The highest BCUT2D eigenvalue weighted by molar-refractivity contribution is 5.96. The average molecular weight is 287 g/mol. The normalized spacial score (nSPS) is 14.2. The van der Waals surface area contributed by atoms with E-state index in [1.165, 1.54) is 6.07 Å². The number of rotatable bonds is 3. The number of fused-ring (bicyclic) bond motifs is 1. The molecule has 0 bridgehead atoms. The van der Waals surface area contributed by atoms with Crippen LogP contribution >= 0.6 is 0 Å². The lowest BCUT2D eigenvalue weighted by molar-refractivity contribution is 0.0697. The maximum absolute atomic E-state index is 12.5. The number of carboxylic acids is 1. The molecular weight excluding hydrogens is 270 g/mol. The molecule has 0 fully saturated rings. The number of amides is 2. The lowest BCUT2D eigenvalue weighted by Gasteiger charge is -2.28. The number of urea groups is 1. The van der Waals surface area contributed by atoms with Crippen molar-refractivity contribution in [2.24, 2.45) is 0 Å². The smallest absolute Gasteiger partial charge is 0.335 e. The lowest BCUT2D eigenvalue weighted by Crippen LogP contribution is -2.44. The predicted octanol–water partition coefficient (Wildman–Crippen LogP) is 2.10. The van der Waals surface area contributed by atoms with Gasteiger partial charge >= 0.3 is 12.0 Å². The maximum atomic E-state index is 12.5. The highest BCUT2D eigenvalue weighted by Gasteiger charge is 2.29. The monoisotopic (exact) mass is 287 g/mol. The number of hydrogen-bond donors (Lipinski definition) is 1. The van der Waals surface area contributed by atoms with E-state index >= 15 is 0 Å². The molecule has 0 saturated carbocycles. The van der Waals surface area contributed by atoms with Crippen LogP contribution in [-0.4, -0.2) is 41.6 Å². The SMILES string of the molecule is CC(CC#N)N(C)C(=O)N1CCc2cc(C(=O)O)ccc21. The zero-order chi connectivity index (χ0) is 15.6. The molecule has 0 saturated heterocycles. The van der Waals surface area contributed by atoms with Crippen LogP contribution in [0.15, 0.2) is 18.2 Å². The third-order valence-corrected chi connectivity index (χ3v) is 3.80. The summed E-state index contributed by atoms with van der Waals surface area (Å²) in [5.41, 5.74) is 1.85. The summed E-state index contributed by atoms with van der Waals surface area (Å²) < 4.78 is 0. The van der Waals surface area contributed by atoms with Gasteiger partial charge in [-0.15, -0.1) is 0 Å². The van der Waals surface area contributed by atoms with Gasteiger partial charge in [0.2, 0.25) is 0 Å². The fraction of sp³-hybridized carbons (Fsp3) is 0.400. The van der Waals surface area contributed by atoms with Crippen LogP contribution in [0.1, 0.15) is 29.3 Å². The van der Waals surface area contributed by atoms with E-state index in [9.17, 15) is 9.59 Å². The fourth-order valence-electron chi connectivity index (χ4n) is 2.38. The van der Waals surface area contributed by atoms with Crippen LogP contribution in [0.2, 0.25) is 0 Å². The molecule has 110 valence electrons. The van der Waals surface area contributed by atoms with Gasteiger partial charge in [0.25, 0.3) is 0 Å². The minimum Gasteiger partial charge on any atom is -0.478 e. The van der Waals surface area contributed by atoms with Gasteiger partial charge in [0.05, 0.1) is 18.1 Å². The standard InChI is InChI=1S/C15H17N3O3/c1-10(5-7-16)17(2)15(21)18-8-6-11-9-12(14(19)20)3-4-13(11)18/h3-4,9-10H,5-6,8H2,1-2H3,(H,19,20). The van der Waals surface area contributed by atoms with Crippen molar-refractivity contribution in [2.45, 2.75) is 25.8 Å². The highest BCUT2D eigenvalue weighted by atomic mass is 16.4. The molecule has 1 aliphatic heterocycles. The zero-order valence-electron chi connectivity index (χ0n) is 12.0. The molecule has 0 aromatic heterocycles. The number of carbonyl (C=O) groups excluding carboxylic acids is 1. The molecule has 1 heterocycles. The first-order valence-electron chi connectivity index (χ1n) is 6.73. The van der Waals surface area contributed by atoms with Gasteiger partial charge < -0.3 is 10.0 Å². The Labute approximate surface area is 123 Å². The van der Waals surface area contributed by atoms with Crippen molar-refractivity contribution in [3.05, 3.63) is 29.3 Å². The Kier molecular flexibility index (Phi) is 4.13. The summed E-state index contributed by atoms with van der Waals surface area (Å²) in [7, 11) is 1.67. The Balaban J connectivity index is 2.21. The van der Waals surface area contributed by atoms with Crippen molar-refractivity contribution in [3.63, 3.8) is 0 Å². The number of carbonyl (C=O) groups is 2. The van der Waals surface area contributed by atoms with Crippen LogP contribution in [0, 0.1) is 11.3 Å². The molecule has 0 spiro atoms. The summed E-state index contributed by atoms with van der Waals surface area (Å²) >= 11 is 0. The molecule has 2 amide bonds. The first kappa shape index (κ1) is 14.9. The Hall–Kier alpha value is -2.55. The van der Waals surface area contributed by atoms with E-state index in [4.69, 9.17) is 10.4 Å². The molecular formula is C15H17N3O3. The largest absolute Gasteiger partial charge is 0.478 e. The van der Waals surface area contributed by atoms with Crippen molar-refractivity contribution in [1.82, 2.24) is 4.90 Å². The van der Waals surface area contributed by atoms with E-state index in [1.807, 2.05) is 6.92 Å². The van der Waals surface area contributed by atoms with Gasteiger partial charge in [0, 0.05) is 25.3 Å². The molecule has 1 unspecified atom stereocenters. The average Bonchev–Trinajstić information content (AvgIpc) is 2.88. The molecule has 0 radical (unpaired) electrons. The fourth-order valence-corrected chi connectivity index (χ4v) is 2.38. The number of anilines is 1. The molecule has 21 heavy (non-hydrogen) atoms. The summed E-state index contributed by atoms with van der Waals surface area (Å²) in [6.45, 7) is 2.35. The Bertz CT molecular complexity index is 621. The van der Waals surface area contributed by atoms with Crippen molar-refractivity contribution in [1.29, 1.82) is 5.26 Å². The molecule has 6 nitrogen and oxygen atoms in total. The van der Waals surface area contributed by atoms with Crippen LogP contribution in [0.25, 0.3) is 0 Å². The molecule has 0 aliphatic carbocycles. The molecule has 1 N–H and O–H groups in total. The van der Waals surface area contributed by atoms with E-state index < -0.39 is 5.97 Å². The van der Waals surface area contributed by atoms with Gasteiger partial charge in [0.15, 0.2) is 0 Å². The van der Waals surface area contributed by atoms with Crippen molar-refractivity contribution < 1.29 is 14.7 Å². The summed E-state index contributed by atoms with van der Waals surface area (Å²) in [4.78, 5) is 26.6. The van der Waals surface area contributed by atoms with Crippen LogP contribution in [0.5, 0.6) is 0 Å². The third-order valence-electron chi connectivity index (χ3n) is 3.80. The Morgan fingerprint density at radius 3 is 2.86 bits per heavy atom. The summed E-state index contributed by atoms with van der Waals surface area (Å²) in [5.74, 6) is -0.970. The lowest BCUT2D eigenvalue weighted by atomic mass is 10.1. The Morgan fingerprint density at radius 1 is 1.52 bits per heavy atom. The first-order chi connectivity index (χ1) is 9.95.